The Morgan fingerprint density at radius 3 is 2.80 bits per heavy atom. The minimum absolute atomic E-state index is 0.115. The molecule has 0 spiro atoms. The Bertz CT molecular complexity index is 870. The van der Waals surface area contributed by atoms with Gasteiger partial charge in [0.25, 0.3) is 0 Å². The highest BCUT2D eigenvalue weighted by atomic mass is 16.3. The molecule has 1 atom stereocenters. The van der Waals surface area contributed by atoms with Crippen molar-refractivity contribution in [1.82, 2.24) is 19.9 Å². The molecule has 1 fully saturated rings. The fraction of sp³-hybridized carbons (Fsp3) is 0.316. The summed E-state index contributed by atoms with van der Waals surface area (Å²) in [5.74, 6) is 1.61. The van der Waals surface area contributed by atoms with Crippen LogP contribution in [-0.2, 0) is 0 Å². The summed E-state index contributed by atoms with van der Waals surface area (Å²) in [4.78, 5) is 18.2. The van der Waals surface area contributed by atoms with Gasteiger partial charge in [0.2, 0.25) is 0 Å². The van der Waals surface area contributed by atoms with Crippen LogP contribution in [0.25, 0.3) is 22.3 Å². The summed E-state index contributed by atoms with van der Waals surface area (Å²) in [5, 5.41) is 10.7. The zero-order valence-corrected chi connectivity index (χ0v) is 14.2. The van der Waals surface area contributed by atoms with E-state index in [2.05, 4.69) is 27.9 Å². The number of pyridine rings is 1. The van der Waals surface area contributed by atoms with Crippen molar-refractivity contribution < 1.29 is 5.11 Å². The second-order valence-electron chi connectivity index (χ2n) is 6.39. The third-order valence-electron chi connectivity index (χ3n) is 4.79. The molecule has 3 aromatic rings. The molecule has 25 heavy (non-hydrogen) atoms. The van der Waals surface area contributed by atoms with Gasteiger partial charge in [-0.05, 0) is 31.3 Å². The molecular weight excluding hydrogens is 314 g/mol. The average Bonchev–Trinajstić information content (AvgIpc) is 2.68. The summed E-state index contributed by atoms with van der Waals surface area (Å²) in [6, 6.07) is 12.1. The van der Waals surface area contributed by atoms with Crippen molar-refractivity contribution in [1.29, 1.82) is 0 Å². The summed E-state index contributed by atoms with van der Waals surface area (Å²) < 4.78 is 0. The number of anilines is 1. The van der Waals surface area contributed by atoms with Crippen LogP contribution in [0.15, 0.2) is 48.8 Å². The van der Waals surface area contributed by atoms with E-state index < -0.39 is 0 Å². The van der Waals surface area contributed by atoms with E-state index >= 15 is 0 Å². The second kappa shape index (κ2) is 6.74. The van der Waals surface area contributed by atoms with Crippen LogP contribution in [0.3, 0.4) is 0 Å². The smallest absolute Gasteiger partial charge is 0.163 e. The Morgan fingerprint density at radius 1 is 1.12 bits per heavy atom. The molecule has 1 saturated heterocycles. The molecule has 0 amide bonds. The maximum absolute atomic E-state index is 9.66. The van der Waals surface area contributed by atoms with Crippen molar-refractivity contribution in [2.24, 2.45) is 0 Å². The number of hydrogen-bond donors (Lipinski definition) is 1. The summed E-state index contributed by atoms with van der Waals surface area (Å²) in [7, 11) is 2.05. The van der Waals surface area contributed by atoms with Gasteiger partial charge in [0.1, 0.15) is 5.82 Å². The van der Waals surface area contributed by atoms with Gasteiger partial charge >= 0.3 is 0 Å². The monoisotopic (exact) mass is 335 g/mol. The van der Waals surface area contributed by atoms with Crippen LogP contribution in [-0.4, -0.2) is 64.3 Å². The minimum Gasteiger partial charge on any atom is -0.395 e. The number of fused-ring (bicyclic) bond motifs is 1. The molecule has 0 saturated carbocycles. The van der Waals surface area contributed by atoms with Crippen LogP contribution in [0.5, 0.6) is 0 Å². The SMILES string of the molecule is CN1CCN(c2nc(-c3cccnc3)nc3ccccc23)CC1CO. The van der Waals surface area contributed by atoms with E-state index in [1.165, 1.54) is 0 Å². The molecule has 3 heterocycles. The highest BCUT2D eigenvalue weighted by molar-refractivity contribution is 5.91. The summed E-state index contributed by atoms with van der Waals surface area (Å²) >= 11 is 0. The number of hydrogen-bond acceptors (Lipinski definition) is 6. The van der Waals surface area contributed by atoms with E-state index in [0.29, 0.717) is 5.82 Å². The first-order chi connectivity index (χ1) is 12.3. The van der Waals surface area contributed by atoms with E-state index in [-0.39, 0.29) is 12.6 Å². The van der Waals surface area contributed by atoms with Crippen LogP contribution in [0.4, 0.5) is 5.82 Å². The van der Waals surface area contributed by atoms with E-state index in [9.17, 15) is 5.11 Å². The van der Waals surface area contributed by atoms with Gasteiger partial charge in [-0.3, -0.25) is 9.88 Å². The number of para-hydroxylation sites is 1. The van der Waals surface area contributed by atoms with Gasteiger partial charge in [0.05, 0.1) is 18.2 Å². The Hall–Kier alpha value is -2.57. The molecule has 6 nitrogen and oxygen atoms in total. The number of aliphatic hydroxyl groups is 1. The van der Waals surface area contributed by atoms with E-state index in [0.717, 1.165) is 41.9 Å². The van der Waals surface area contributed by atoms with Gasteiger partial charge in [-0.2, -0.15) is 0 Å². The Labute approximate surface area is 146 Å². The third-order valence-corrected chi connectivity index (χ3v) is 4.79. The predicted octanol–water partition coefficient (Wildman–Crippen LogP) is 1.80. The number of piperazine rings is 1. The highest BCUT2D eigenvalue weighted by Gasteiger charge is 2.26. The summed E-state index contributed by atoms with van der Waals surface area (Å²) in [6.45, 7) is 2.66. The zero-order valence-electron chi connectivity index (χ0n) is 14.2. The quantitative estimate of drug-likeness (QED) is 0.787. The fourth-order valence-electron chi connectivity index (χ4n) is 3.26. The number of aromatic nitrogens is 3. The lowest BCUT2D eigenvalue weighted by atomic mass is 10.1. The Kier molecular flexibility index (Phi) is 4.29. The highest BCUT2D eigenvalue weighted by Crippen LogP contribution is 2.28. The van der Waals surface area contributed by atoms with E-state index in [1.54, 1.807) is 12.4 Å². The molecule has 1 aromatic carbocycles. The number of aliphatic hydroxyl groups excluding tert-OH is 1. The molecule has 1 unspecified atom stereocenters. The Morgan fingerprint density at radius 2 is 2.00 bits per heavy atom. The number of nitrogens with zero attached hydrogens (tertiary/aromatic N) is 5. The third kappa shape index (κ3) is 3.06. The first kappa shape index (κ1) is 15.9. The average molecular weight is 335 g/mol. The Balaban J connectivity index is 1.82. The number of likely N-dealkylation sites (N-methyl/N-ethyl adjacent to an activating group) is 1. The predicted molar refractivity (Wildman–Crippen MR) is 98.5 cm³/mol. The fourth-order valence-corrected chi connectivity index (χ4v) is 3.26. The van der Waals surface area contributed by atoms with Gasteiger partial charge in [-0.25, -0.2) is 9.97 Å². The standard InChI is InChI=1S/C19H21N5O/c1-23-9-10-24(12-15(23)13-25)19-16-6-2-3-7-17(16)21-18(22-19)14-5-4-8-20-11-14/h2-8,11,15,25H,9-10,12-13H2,1H3. The van der Waals surface area contributed by atoms with E-state index in [4.69, 9.17) is 9.97 Å². The normalized spacial score (nSPS) is 18.6. The van der Waals surface area contributed by atoms with Crippen LogP contribution in [0.2, 0.25) is 0 Å². The molecule has 0 aliphatic carbocycles. The summed E-state index contributed by atoms with van der Waals surface area (Å²) in [6.07, 6.45) is 3.53. The summed E-state index contributed by atoms with van der Waals surface area (Å²) in [5.41, 5.74) is 1.83. The molecule has 1 aliphatic heterocycles. The molecule has 0 bridgehead atoms. The van der Waals surface area contributed by atoms with Crippen molar-refractivity contribution in [3.05, 3.63) is 48.8 Å². The molecule has 1 aliphatic rings. The van der Waals surface area contributed by atoms with Crippen molar-refractivity contribution in [2.45, 2.75) is 6.04 Å². The van der Waals surface area contributed by atoms with Crippen molar-refractivity contribution in [3.63, 3.8) is 0 Å². The van der Waals surface area contributed by atoms with Gasteiger partial charge in [0.15, 0.2) is 5.82 Å². The number of rotatable bonds is 3. The molecule has 128 valence electrons. The van der Waals surface area contributed by atoms with Gasteiger partial charge in [-0.15, -0.1) is 0 Å². The van der Waals surface area contributed by atoms with Gasteiger partial charge in [0, 0.05) is 43.0 Å². The number of benzene rings is 1. The van der Waals surface area contributed by atoms with Crippen molar-refractivity contribution in [2.75, 3.05) is 38.2 Å². The zero-order chi connectivity index (χ0) is 17.2. The molecule has 0 radical (unpaired) electrons. The van der Waals surface area contributed by atoms with E-state index in [1.807, 2.05) is 30.3 Å². The molecule has 6 heteroatoms. The lowest BCUT2D eigenvalue weighted by Crippen LogP contribution is -2.53. The minimum atomic E-state index is 0.115. The largest absolute Gasteiger partial charge is 0.395 e. The van der Waals surface area contributed by atoms with Crippen LogP contribution < -0.4 is 4.90 Å². The van der Waals surface area contributed by atoms with Crippen LogP contribution in [0, 0.1) is 0 Å². The maximum atomic E-state index is 9.66. The van der Waals surface area contributed by atoms with Crippen LogP contribution >= 0.6 is 0 Å². The van der Waals surface area contributed by atoms with Crippen LogP contribution in [0.1, 0.15) is 0 Å². The first-order valence-electron chi connectivity index (χ1n) is 8.49. The lowest BCUT2D eigenvalue weighted by Gasteiger charge is -2.39. The van der Waals surface area contributed by atoms with Gasteiger partial charge in [-0.1, -0.05) is 12.1 Å². The molecule has 1 N–H and O–H groups in total. The maximum Gasteiger partial charge on any atom is 0.163 e. The molecule has 4 rings (SSSR count). The van der Waals surface area contributed by atoms with Crippen molar-refractivity contribution in [3.8, 4) is 11.4 Å². The molecular formula is C19H21N5O. The molecule has 2 aromatic heterocycles. The van der Waals surface area contributed by atoms with Crippen molar-refractivity contribution >= 4 is 16.7 Å². The lowest BCUT2D eigenvalue weighted by molar-refractivity contribution is 0.135. The van der Waals surface area contributed by atoms with Gasteiger partial charge < -0.3 is 10.0 Å². The second-order valence-corrected chi connectivity index (χ2v) is 6.39. The first-order valence-corrected chi connectivity index (χ1v) is 8.49. The topological polar surface area (TPSA) is 65.4 Å².